The number of aliphatic hydroxyl groups is 1. The summed E-state index contributed by atoms with van der Waals surface area (Å²) in [5.41, 5.74) is 2.58. The molecular formula is C12H12N2O3. The van der Waals surface area contributed by atoms with Crippen molar-refractivity contribution >= 4 is 0 Å². The summed E-state index contributed by atoms with van der Waals surface area (Å²) in [4.78, 5) is 0. The molecule has 1 aliphatic heterocycles. The number of aryl methyl sites for hydroxylation is 1. The summed E-state index contributed by atoms with van der Waals surface area (Å²) >= 11 is 0. The Hall–Kier alpha value is -2.01. The number of ether oxygens (including phenoxy) is 2. The van der Waals surface area contributed by atoms with E-state index in [1.165, 1.54) is 0 Å². The number of fused-ring (bicyclic) bond motifs is 1. The number of hydrogen-bond donors (Lipinski definition) is 1. The Morgan fingerprint density at radius 2 is 2.12 bits per heavy atom. The number of rotatable bonds is 2. The smallest absolute Gasteiger partial charge is 0.231 e. The first-order valence-corrected chi connectivity index (χ1v) is 5.32. The number of nitrogens with zero attached hydrogens (tertiary/aromatic N) is 2. The highest BCUT2D eigenvalue weighted by molar-refractivity contribution is 5.65. The molecule has 0 bridgehead atoms. The van der Waals surface area contributed by atoms with Gasteiger partial charge in [0.25, 0.3) is 0 Å². The Morgan fingerprint density at radius 3 is 2.88 bits per heavy atom. The van der Waals surface area contributed by atoms with Crippen molar-refractivity contribution < 1.29 is 14.6 Å². The van der Waals surface area contributed by atoms with Gasteiger partial charge in [-0.3, -0.25) is 4.68 Å². The zero-order chi connectivity index (χ0) is 11.8. The molecule has 1 N–H and O–H groups in total. The Morgan fingerprint density at radius 1 is 1.29 bits per heavy atom. The largest absolute Gasteiger partial charge is 0.454 e. The van der Waals surface area contributed by atoms with E-state index in [0.29, 0.717) is 5.69 Å². The number of benzene rings is 1. The van der Waals surface area contributed by atoms with Crippen LogP contribution in [0.1, 0.15) is 5.69 Å². The Kier molecular flexibility index (Phi) is 2.26. The van der Waals surface area contributed by atoms with Gasteiger partial charge in [0.2, 0.25) is 6.79 Å². The van der Waals surface area contributed by atoms with Gasteiger partial charge in [0.15, 0.2) is 11.5 Å². The van der Waals surface area contributed by atoms with Gasteiger partial charge >= 0.3 is 0 Å². The van der Waals surface area contributed by atoms with Crippen LogP contribution in [0, 0.1) is 0 Å². The lowest BCUT2D eigenvalue weighted by atomic mass is 10.1. The lowest BCUT2D eigenvalue weighted by Gasteiger charge is -2.03. The van der Waals surface area contributed by atoms with E-state index in [4.69, 9.17) is 14.6 Å². The van der Waals surface area contributed by atoms with Gasteiger partial charge in [-0.25, -0.2) is 0 Å². The van der Waals surface area contributed by atoms with Crippen molar-refractivity contribution in [2.24, 2.45) is 7.05 Å². The van der Waals surface area contributed by atoms with Crippen molar-refractivity contribution in [2.45, 2.75) is 6.61 Å². The van der Waals surface area contributed by atoms with Crippen molar-refractivity contribution in [3.63, 3.8) is 0 Å². The quantitative estimate of drug-likeness (QED) is 0.848. The van der Waals surface area contributed by atoms with E-state index in [9.17, 15) is 0 Å². The molecule has 88 valence electrons. The van der Waals surface area contributed by atoms with Crippen LogP contribution in [0.5, 0.6) is 11.5 Å². The van der Waals surface area contributed by atoms with Gasteiger partial charge in [0, 0.05) is 12.6 Å². The van der Waals surface area contributed by atoms with Gasteiger partial charge in [-0.1, -0.05) is 0 Å². The van der Waals surface area contributed by atoms with E-state index in [2.05, 4.69) is 5.10 Å². The Labute approximate surface area is 98.2 Å². The minimum absolute atomic E-state index is 0.0572. The third-order valence-electron chi connectivity index (χ3n) is 2.76. The lowest BCUT2D eigenvalue weighted by molar-refractivity contribution is 0.174. The minimum atomic E-state index is -0.0572. The molecule has 0 saturated heterocycles. The predicted octanol–water partition coefficient (Wildman–Crippen LogP) is 1.31. The number of hydrogen-bond acceptors (Lipinski definition) is 4. The van der Waals surface area contributed by atoms with Crippen LogP contribution in [0.15, 0.2) is 24.3 Å². The molecule has 0 unspecified atom stereocenters. The highest BCUT2D eigenvalue weighted by atomic mass is 16.7. The van der Waals surface area contributed by atoms with Crippen molar-refractivity contribution in [1.82, 2.24) is 9.78 Å². The Bertz CT molecular complexity index is 563. The molecule has 0 aliphatic carbocycles. The van der Waals surface area contributed by atoms with Gasteiger partial charge in [0.05, 0.1) is 18.0 Å². The predicted molar refractivity (Wildman–Crippen MR) is 60.7 cm³/mol. The van der Waals surface area contributed by atoms with Crippen LogP contribution in [-0.2, 0) is 13.7 Å². The maximum Gasteiger partial charge on any atom is 0.231 e. The van der Waals surface area contributed by atoms with Crippen LogP contribution in [0.4, 0.5) is 0 Å². The van der Waals surface area contributed by atoms with Gasteiger partial charge in [-0.15, -0.1) is 0 Å². The molecule has 0 radical (unpaired) electrons. The third-order valence-corrected chi connectivity index (χ3v) is 2.76. The fourth-order valence-electron chi connectivity index (χ4n) is 1.93. The minimum Gasteiger partial charge on any atom is -0.454 e. The number of aromatic nitrogens is 2. The van der Waals surface area contributed by atoms with Crippen molar-refractivity contribution in [3.8, 4) is 22.8 Å². The molecule has 2 aromatic rings. The molecule has 0 amide bonds. The molecular weight excluding hydrogens is 220 g/mol. The second-order valence-corrected chi connectivity index (χ2v) is 3.87. The molecule has 2 heterocycles. The summed E-state index contributed by atoms with van der Waals surface area (Å²) in [5.74, 6) is 1.51. The van der Waals surface area contributed by atoms with E-state index in [0.717, 1.165) is 22.8 Å². The fraction of sp³-hybridized carbons (Fsp3) is 0.250. The normalized spacial score (nSPS) is 13.1. The summed E-state index contributed by atoms with van der Waals surface area (Å²) in [7, 11) is 1.85. The van der Waals surface area contributed by atoms with Gasteiger partial charge < -0.3 is 14.6 Å². The van der Waals surface area contributed by atoms with E-state index in [-0.39, 0.29) is 13.4 Å². The van der Waals surface area contributed by atoms with Crippen LogP contribution in [-0.4, -0.2) is 21.7 Å². The van der Waals surface area contributed by atoms with Crippen molar-refractivity contribution in [1.29, 1.82) is 0 Å². The van der Waals surface area contributed by atoms with E-state index in [1.54, 1.807) is 4.68 Å². The summed E-state index contributed by atoms with van der Waals surface area (Å²) in [6, 6.07) is 7.60. The zero-order valence-electron chi connectivity index (χ0n) is 9.38. The fourth-order valence-corrected chi connectivity index (χ4v) is 1.93. The first-order chi connectivity index (χ1) is 8.28. The maximum atomic E-state index is 9.06. The maximum absolute atomic E-state index is 9.06. The van der Waals surface area contributed by atoms with Crippen molar-refractivity contribution in [2.75, 3.05) is 6.79 Å². The summed E-state index contributed by atoms with van der Waals surface area (Å²) < 4.78 is 12.3. The zero-order valence-corrected chi connectivity index (χ0v) is 9.38. The summed E-state index contributed by atoms with van der Waals surface area (Å²) in [6.45, 7) is 0.213. The molecule has 5 heteroatoms. The van der Waals surface area contributed by atoms with Crippen LogP contribution in [0.2, 0.25) is 0 Å². The second-order valence-electron chi connectivity index (χ2n) is 3.87. The molecule has 1 aliphatic rings. The monoisotopic (exact) mass is 232 g/mol. The highest BCUT2D eigenvalue weighted by Crippen LogP contribution is 2.35. The first kappa shape index (κ1) is 10.2. The third kappa shape index (κ3) is 1.64. The molecule has 17 heavy (non-hydrogen) atoms. The molecule has 3 rings (SSSR count). The van der Waals surface area contributed by atoms with E-state index < -0.39 is 0 Å². The van der Waals surface area contributed by atoms with E-state index in [1.807, 2.05) is 31.3 Å². The van der Waals surface area contributed by atoms with Crippen LogP contribution in [0.3, 0.4) is 0 Å². The Balaban J connectivity index is 2.06. The average Bonchev–Trinajstić information content (AvgIpc) is 2.93. The molecule has 5 nitrogen and oxygen atoms in total. The molecule has 0 saturated carbocycles. The van der Waals surface area contributed by atoms with Crippen LogP contribution < -0.4 is 9.47 Å². The van der Waals surface area contributed by atoms with Gasteiger partial charge in [-0.2, -0.15) is 5.10 Å². The number of aliphatic hydroxyl groups excluding tert-OH is 1. The highest BCUT2D eigenvalue weighted by Gasteiger charge is 2.15. The summed E-state index contributed by atoms with van der Waals surface area (Å²) in [6.07, 6.45) is 0. The summed E-state index contributed by atoms with van der Waals surface area (Å²) in [5, 5.41) is 13.3. The molecule has 0 fully saturated rings. The lowest BCUT2D eigenvalue weighted by Crippen LogP contribution is -1.94. The second kappa shape index (κ2) is 3.78. The van der Waals surface area contributed by atoms with Crippen LogP contribution in [0.25, 0.3) is 11.3 Å². The van der Waals surface area contributed by atoms with Crippen LogP contribution >= 0.6 is 0 Å². The van der Waals surface area contributed by atoms with Gasteiger partial charge in [-0.05, 0) is 24.3 Å². The topological polar surface area (TPSA) is 56.5 Å². The molecule has 0 spiro atoms. The standard InChI is InChI=1S/C12H12N2O3/c1-14-10(5-9(6-15)13-14)8-2-3-11-12(4-8)17-7-16-11/h2-5,15H,6-7H2,1H3. The van der Waals surface area contributed by atoms with Gasteiger partial charge in [0.1, 0.15) is 0 Å². The van der Waals surface area contributed by atoms with E-state index >= 15 is 0 Å². The average molecular weight is 232 g/mol. The molecule has 1 aromatic heterocycles. The molecule has 0 atom stereocenters. The first-order valence-electron chi connectivity index (χ1n) is 5.32. The van der Waals surface area contributed by atoms with Crippen molar-refractivity contribution in [3.05, 3.63) is 30.0 Å². The molecule has 1 aromatic carbocycles. The SMILES string of the molecule is Cn1nc(CO)cc1-c1ccc2c(c1)OCO2.